The Morgan fingerprint density at radius 3 is 1.44 bits per heavy atom. The number of hydrogen-bond donors (Lipinski definition) is 1. The summed E-state index contributed by atoms with van der Waals surface area (Å²) in [5, 5.41) is 14.7. The highest BCUT2D eigenvalue weighted by Crippen LogP contribution is 2.39. The molecule has 4 aromatic heterocycles. The molecule has 4 heterocycles. The van der Waals surface area contributed by atoms with Gasteiger partial charge in [-0.3, -0.25) is 0 Å². The van der Waals surface area contributed by atoms with Crippen LogP contribution in [0, 0.1) is 13.8 Å². The van der Waals surface area contributed by atoms with Crippen LogP contribution in [0.2, 0.25) is 0 Å². The molecule has 8 aromatic carbocycles. The normalized spacial score (nSPS) is 11.1. The minimum Gasteiger partial charge on any atom is -0.507 e. The zero-order chi connectivity index (χ0) is 52.8. The van der Waals surface area contributed by atoms with E-state index in [4.69, 9.17) is 32.5 Å². The molecule has 0 aliphatic heterocycles. The van der Waals surface area contributed by atoms with Crippen LogP contribution in [0.3, 0.4) is 0 Å². The molecular formula is C66H60N4O8. The third-order valence-corrected chi connectivity index (χ3v) is 13.6. The average molecular weight is 1040 g/mol. The summed E-state index contributed by atoms with van der Waals surface area (Å²) in [7, 11) is 3.30. The zero-order valence-corrected chi connectivity index (χ0v) is 43.2. The topological polar surface area (TPSA) is 128 Å². The maximum absolute atomic E-state index is 10.5. The van der Waals surface area contributed by atoms with Crippen molar-refractivity contribution in [1.29, 1.82) is 0 Å². The van der Waals surface area contributed by atoms with E-state index in [1.807, 2.05) is 147 Å². The van der Waals surface area contributed by atoms with Gasteiger partial charge in [-0.05, 0) is 110 Å². The Morgan fingerprint density at radius 1 is 0.487 bits per heavy atom. The molecule has 0 atom stereocenters. The van der Waals surface area contributed by atoms with Gasteiger partial charge in [0.25, 0.3) is 0 Å². The van der Waals surface area contributed by atoms with Gasteiger partial charge in [0.2, 0.25) is 11.8 Å². The first-order valence-electron chi connectivity index (χ1n) is 25.3. The summed E-state index contributed by atoms with van der Waals surface area (Å²) in [6.07, 6.45) is 1.76. The zero-order valence-electron chi connectivity index (χ0n) is 43.2. The number of aryl methyl sites for hydroxylation is 2. The van der Waals surface area contributed by atoms with Crippen LogP contribution in [-0.2, 0) is 26.3 Å². The van der Waals surface area contributed by atoms with Gasteiger partial charge in [-0.2, -0.15) is 0 Å². The second-order valence-electron chi connectivity index (χ2n) is 18.5. The summed E-state index contributed by atoms with van der Waals surface area (Å²) >= 11 is 0. The minimum absolute atomic E-state index is 0. The lowest BCUT2D eigenvalue weighted by molar-refractivity contribution is 0.279. The smallest absolute Gasteiger partial charge is 0.226 e. The van der Waals surface area contributed by atoms with E-state index < -0.39 is 0 Å². The number of benzene rings is 8. The van der Waals surface area contributed by atoms with Gasteiger partial charge in [0, 0.05) is 56.8 Å². The first-order valence-corrected chi connectivity index (χ1v) is 25.3. The van der Waals surface area contributed by atoms with E-state index in [9.17, 15) is 5.11 Å². The van der Waals surface area contributed by atoms with E-state index in [2.05, 4.69) is 68.1 Å². The molecule has 392 valence electrons. The standard InChI is InChI=1S/C34H30N2O4.C31H26N2O4.CH4/c1-4-19-38-31-16-10-15-29-33(31)26-13-8-9-14-28(26)36(29)21-24-17-18-30(32(20-24)37-3)39-22-27-23(2)40-34(35-27)25-11-6-5-7-12-25;1-20-24(32-31(37-20)22-9-4-3-5-10-22)19-36-28-16-15-21(17-29(28)35-2)18-33-25-12-7-6-11-23(25)30-26(33)13-8-14-27(30)34;/h4-18,20H,1,19,21-22H2,2-3H3;3-17,34H,18-19H2,1-2H3;1H4. The van der Waals surface area contributed by atoms with Gasteiger partial charge in [-0.15, -0.1) is 0 Å². The van der Waals surface area contributed by atoms with Crippen LogP contribution in [0.1, 0.15) is 41.5 Å². The predicted molar refractivity (Wildman–Crippen MR) is 309 cm³/mol. The molecule has 0 fully saturated rings. The van der Waals surface area contributed by atoms with Gasteiger partial charge in [-0.1, -0.05) is 117 Å². The highest BCUT2D eigenvalue weighted by molar-refractivity contribution is 6.12. The van der Waals surface area contributed by atoms with Gasteiger partial charge in [-0.25, -0.2) is 9.97 Å². The summed E-state index contributed by atoms with van der Waals surface area (Å²) in [6, 6.07) is 60.0. The van der Waals surface area contributed by atoms with E-state index >= 15 is 0 Å². The lowest BCUT2D eigenvalue weighted by Gasteiger charge is -2.13. The summed E-state index contributed by atoms with van der Waals surface area (Å²) in [6.45, 7) is 9.86. The highest BCUT2D eigenvalue weighted by atomic mass is 16.5. The van der Waals surface area contributed by atoms with Crippen molar-refractivity contribution in [2.75, 3.05) is 20.8 Å². The summed E-state index contributed by atoms with van der Waals surface area (Å²) in [5.74, 6) is 6.36. The van der Waals surface area contributed by atoms with Crippen LogP contribution in [0.15, 0.2) is 203 Å². The molecule has 12 aromatic rings. The van der Waals surface area contributed by atoms with Crippen molar-refractivity contribution in [3.63, 3.8) is 0 Å². The van der Waals surface area contributed by atoms with Crippen molar-refractivity contribution >= 4 is 43.6 Å². The number of fused-ring (bicyclic) bond motifs is 6. The molecule has 0 amide bonds. The molecule has 0 spiro atoms. The maximum atomic E-state index is 10.5. The van der Waals surface area contributed by atoms with Crippen LogP contribution >= 0.6 is 0 Å². The number of aromatic hydroxyl groups is 1. The number of methoxy groups -OCH3 is 2. The molecule has 1 N–H and O–H groups in total. The summed E-state index contributed by atoms with van der Waals surface area (Å²) in [5.41, 5.74) is 9.80. The number of oxazole rings is 2. The van der Waals surface area contributed by atoms with Crippen molar-refractivity contribution in [1.82, 2.24) is 19.1 Å². The second-order valence-corrected chi connectivity index (χ2v) is 18.5. The van der Waals surface area contributed by atoms with Crippen LogP contribution < -0.4 is 23.7 Å². The molecule has 0 aliphatic rings. The molecule has 0 saturated carbocycles. The molecule has 0 saturated heterocycles. The fourth-order valence-electron chi connectivity index (χ4n) is 9.80. The molecule has 0 radical (unpaired) electrons. The second kappa shape index (κ2) is 23.1. The number of hydrogen-bond acceptors (Lipinski definition) is 10. The largest absolute Gasteiger partial charge is 0.507 e. The van der Waals surface area contributed by atoms with Crippen LogP contribution in [0.25, 0.3) is 66.5 Å². The summed E-state index contributed by atoms with van der Waals surface area (Å²) < 4.78 is 45.9. The van der Waals surface area contributed by atoms with Gasteiger partial charge < -0.3 is 46.8 Å². The first-order chi connectivity index (χ1) is 37.8. The number of phenols is 1. The van der Waals surface area contributed by atoms with Gasteiger partial charge in [0.15, 0.2) is 23.0 Å². The van der Waals surface area contributed by atoms with Gasteiger partial charge in [0.05, 0.1) is 25.3 Å². The monoisotopic (exact) mass is 1040 g/mol. The Kier molecular flexibility index (Phi) is 15.3. The molecule has 0 bridgehead atoms. The maximum Gasteiger partial charge on any atom is 0.226 e. The minimum atomic E-state index is 0. The lowest BCUT2D eigenvalue weighted by Crippen LogP contribution is -2.02. The first kappa shape index (κ1) is 51.8. The molecular weight excluding hydrogens is 977 g/mol. The van der Waals surface area contributed by atoms with E-state index in [0.717, 1.165) is 94.5 Å². The van der Waals surface area contributed by atoms with Crippen molar-refractivity contribution < 1.29 is 37.6 Å². The van der Waals surface area contributed by atoms with E-state index in [1.54, 1.807) is 26.4 Å². The Morgan fingerprint density at radius 2 is 0.936 bits per heavy atom. The third-order valence-electron chi connectivity index (χ3n) is 13.6. The summed E-state index contributed by atoms with van der Waals surface area (Å²) in [4.78, 5) is 9.28. The molecule has 0 unspecified atom stereocenters. The van der Waals surface area contributed by atoms with Crippen molar-refractivity contribution in [3.05, 3.63) is 229 Å². The Hall–Kier alpha value is -9.68. The molecule has 0 aliphatic carbocycles. The fraction of sp³-hybridized carbons (Fsp3) is 0.152. The van der Waals surface area contributed by atoms with Crippen molar-refractivity contribution in [2.24, 2.45) is 0 Å². The van der Waals surface area contributed by atoms with Crippen molar-refractivity contribution in [3.8, 4) is 57.4 Å². The number of aromatic nitrogens is 4. The Labute approximate surface area is 452 Å². The third kappa shape index (κ3) is 10.5. The number of para-hydroxylation sites is 2. The van der Waals surface area contributed by atoms with Crippen LogP contribution in [0.4, 0.5) is 0 Å². The fourth-order valence-corrected chi connectivity index (χ4v) is 9.80. The van der Waals surface area contributed by atoms with Crippen LogP contribution in [0.5, 0.6) is 34.5 Å². The van der Waals surface area contributed by atoms with E-state index in [0.29, 0.717) is 54.5 Å². The molecule has 12 nitrogen and oxygen atoms in total. The quantitative estimate of drug-likeness (QED) is 0.0880. The lowest BCUT2D eigenvalue weighted by atomic mass is 10.1. The number of nitrogens with zero attached hydrogens (tertiary/aromatic N) is 4. The van der Waals surface area contributed by atoms with Crippen molar-refractivity contribution in [2.45, 2.75) is 47.6 Å². The number of ether oxygens (including phenoxy) is 5. The average Bonchev–Trinajstić information content (AvgIpc) is 4.40. The van der Waals surface area contributed by atoms with E-state index in [-0.39, 0.29) is 26.4 Å². The number of phenolic OH excluding ortho intramolecular Hbond substituents is 1. The van der Waals surface area contributed by atoms with Crippen LogP contribution in [-0.4, -0.2) is 45.0 Å². The highest BCUT2D eigenvalue weighted by Gasteiger charge is 2.19. The SMILES string of the molecule is C.C=CCOc1cccc2c1c1ccccc1n2Cc1ccc(OCc2nc(-c3ccccc3)oc2C)c(OC)c1.COc1cc(Cn2c3ccccc3c3c(O)cccc32)ccc1OCc1nc(-c2ccccc2)oc1C. The van der Waals surface area contributed by atoms with Gasteiger partial charge in [0.1, 0.15) is 54.2 Å². The van der Waals surface area contributed by atoms with E-state index in [1.165, 1.54) is 0 Å². The molecule has 12 heteroatoms. The molecule has 12 rings (SSSR count). The number of rotatable bonds is 17. The Bertz CT molecular complexity index is 4040. The van der Waals surface area contributed by atoms with Gasteiger partial charge >= 0.3 is 0 Å². The predicted octanol–water partition coefficient (Wildman–Crippen LogP) is 15.7. The Balaban J connectivity index is 0.000000175. The molecule has 78 heavy (non-hydrogen) atoms.